The van der Waals surface area contributed by atoms with Crippen LogP contribution in [0.4, 0.5) is 5.69 Å². The van der Waals surface area contributed by atoms with Crippen molar-refractivity contribution in [1.29, 1.82) is 0 Å². The number of nitrogens with zero attached hydrogens (tertiary/aromatic N) is 2. The Balaban J connectivity index is 2.18. The Kier molecular flexibility index (Phi) is 5.30. The van der Waals surface area contributed by atoms with E-state index in [2.05, 4.69) is 49.1 Å². The van der Waals surface area contributed by atoms with Gasteiger partial charge < -0.3 is 15.1 Å². The van der Waals surface area contributed by atoms with Gasteiger partial charge in [0.25, 0.3) is 0 Å². The van der Waals surface area contributed by atoms with Crippen molar-refractivity contribution in [1.82, 2.24) is 10.2 Å². The molecule has 0 amide bonds. The van der Waals surface area contributed by atoms with E-state index in [4.69, 9.17) is 11.6 Å². The summed E-state index contributed by atoms with van der Waals surface area (Å²) in [4.78, 5) is 4.74. The SMILES string of the molecule is CC(C)NCc1cccc(Cl)c1N1CCC(N(C)C)C1. The molecule has 0 saturated carbocycles. The predicted molar refractivity (Wildman–Crippen MR) is 87.7 cm³/mol. The van der Waals surface area contributed by atoms with Crippen molar-refractivity contribution in [3.05, 3.63) is 28.8 Å². The Bertz CT molecular complexity index is 445. The normalized spacial score (nSPS) is 19.4. The molecule has 112 valence electrons. The van der Waals surface area contributed by atoms with Gasteiger partial charge >= 0.3 is 0 Å². The molecule has 1 atom stereocenters. The molecule has 1 unspecified atom stereocenters. The molecule has 20 heavy (non-hydrogen) atoms. The number of likely N-dealkylation sites (N-methyl/N-ethyl adjacent to an activating group) is 1. The van der Waals surface area contributed by atoms with E-state index in [0.717, 1.165) is 24.7 Å². The zero-order valence-electron chi connectivity index (χ0n) is 13.0. The number of benzene rings is 1. The van der Waals surface area contributed by atoms with Crippen molar-refractivity contribution in [3.8, 4) is 0 Å². The summed E-state index contributed by atoms with van der Waals surface area (Å²) in [6.07, 6.45) is 1.20. The first kappa shape index (κ1) is 15.6. The van der Waals surface area contributed by atoms with Gasteiger partial charge in [0.05, 0.1) is 10.7 Å². The summed E-state index contributed by atoms with van der Waals surface area (Å²) in [5, 5.41) is 4.36. The second-order valence-corrected chi connectivity index (χ2v) is 6.54. The van der Waals surface area contributed by atoms with Crippen LogP contribution >= 0.6 is 11.6 Å². The standard InChI is InChI=1S/C16H26ClN3/c1-12(2)18-10-13-6-5-7-15(17)16(13)20-9-8-14(11-20)19(3)4/h5-7,12,14,18H,8-11H2,1-4H3. The minimum Gasteiger partial charge on any atom is -0.368 e. The van der Waals surface area contributed by atoms with Gasteiger partial charge in [-0.1, -0.05) is 37.6 Å². The van der Waals surface area contributed by atoms with Crippen molar-refractivity contribution in [2.24, 2.45) is 0 Å². The van der Waals surface area contributed by atoms with E-state index in [1.807, 2.05) is 12.1 Å². The van der Waals surface area contributed by atoms with Crippen LogP contribution in [0.15, 0.2) is 18.2 Å². The molecule has 1 fully saturated rings. The zero-order chi connectivity index (χ0) is 14.7. The highest BCUT2D eigenvalue weighted by molar-refractivity contribution is 6.33. The highest BCUT2D eigenvalue weighted by Gasteiger charge is 2.26. The molecular formula is C16H26ClN3. The van der Waals surface area contributed by atoms with Gasteiger partial charge in [0.15, 0.2) is 0 Å². The van der Waals surface area contributed by atoms with Crippen molar-refractivity contribution in [3.63, 3.8) is 0 Å². The fourth-order valence-electron chi connectivity index (χ4n) is 2.74. The fraction of sp³-hybridized carbons (Fsp3) is 0.625. The molecule has 1 N–H and O–H groups in total. The Morgan fingerprint density at radius 3 is 2.75 bits per heavy atom. The van der Waals surface area contributed by atoms with Crippen LogP contribution in [0.2, 0.25) is 5.02 Å². The molecule has 1 aromatic rings. The maximum atomic E-state index is 6.47. The van der Waals surface area contributed by atoms with E-state index in [1.165, 1.54) is 17.7 Å². The lowest BCUT2D eigenvalue weighted by Crippen LogP contribution is -2.32. The third-order valence-corrected chi connectivity index (χ3v) is 4.29. The van der Waals surface area contributed by atoms with E-state index in [1.54, 1.807) is 0 Å². The molecular weight excluding hydrogens is 270 g/mol. The predicted octanol–water partition coefficient (Wildman–Crippen LogP) is 2.98. The van der Waals surface area contributed by atoms with E-state index in [0.29, 0.717) is 12.1 Å². The smallest absolute Gasteiger partial charge is 0.0642 e. The molecule has 0 aromatic heterocycles. The summed E-state index contributed by atoms with van der Waals surface area (Å²) in [6, 6.07) is 7.33. The van der Waals surface area contributed by atoms with E-state index < -0.39 is 0 Å². The van der Waals surface area contributed by atoms with Crippen molar-refractivity contribution >= 4 is 17.3 Å². The topological polar surface area (TPSA) is 18.5 Å². The highest BCUT2D eigenvalue weighted by atomic mass is 35.5. The lowest BCUT2D eigenvalue weighted by Gasteiger charge is -2.25. The minimum absolute atomic E-state index is 0.481. The number of anilines is 1. The van der Waals surface area contributed by atoms with Crippen LogP contribution in [-0.4, -0.2) is 44.2 Å². The van der Waals surface area contributed by atoms with Gasteiger partial charge in [0.1, 0.15) is 0 Å². The molecule has 0 radical (unpaired) electrons. The first-order chi connectivity index (χ1) is 9.49. The van der Waals surface area contributed by atoms with Crippen LogP contribution in [0.5, 0.6) is 0 Å². The van der Waals surface area contributed by atoms with Crippen LogP contribution in [-0.2, 0) is 6.54 Å². The van der Waals surface area contributed by atoms with Gasteiger partial charge in [-0.15, -0.1) is 0 Å². The third-order valence-electron chi connectivity index (χ3n) is 3.98. The molecule has 0 aliphatic carbocycles. The number of para-hydroxylation sites is 1. The number of hydrogen-bond donors (Lipinski definition) is 1. The number of rotatable bonds is 5. The largest absolute Gasteiger partial charge is 0.368 e. The van der Waals surface area contributed by atoms with E-state index >= 15 is 0 Å². The molecule has 1 saturated heterocycles. The van der Waals surface area contributed by atoms with Crippen LogP contribution in [0.3, 0.4) is 0 Å². The average Bonchev–Trinajstić information content (AvgIpc) is 2.85. The van der Waals surface area contributed by atoms with E-state index in [9.17, 15) is 0 Å². The quantitative estimate of drug-likeness (QED) is 0.901. The lowest BCUT2D eigenvalue weighted by atomic mass is 10.1. The van der Waals surface area contributed by atoms with Crippen LogP contribution in [0.1, 0.15) is 25.8 Å². The van der Waals surface area contributed by atoms with Crippen LogP contribution in [0, 0.1) is 0 Å². The zero-order valence-corrected chi connectivity index (χ0v) is 13.7. The Morgan fingerprint density at radius 1 is 1.40 bits per heavy atom. The van der Waals surface area contributed by atoms with E-state index in [-0.39, 0.29) is 0 Å². The molecule has 3 nitrogen and oxygen atoms in total. The van der Waals surface area contributed by atoms with Gasteiger partial charge in [-0.25, -0.2) is 0 Å². The van der Waals surface area contributed by atoms with Gasteiger partial charge in [0.2, 0.25) is 0 Å². The average molecular weight is 296 g/mol. The molecule has 1 heterocycles. The lowest BCUT2D eigenvalue weighted by molar-refractivity contribution is 0.315. The molecule has 0 bridgehead atoms. The maximum absolute atomic E-state index is 6.47. The number of hydrogen-bond acceptors (Lipinski definition) is 3. The highest BCUT2D eigenvalue weighted by Crippen LogP contribution is 2.33. The van der Waals surface area contributed by atoms with Crippen molar-refractivity contribution < 1.29 is 0 Å². The first-order valence-electron chi connectivity index (χ1n) is 7.41. The third kappa shape index (κ3) is 3.66. The van der Waals surface area contributed by atoms with Crippen molar-refractivity contribution in [2.45, 2.75) is 38.9 Å². The summed E-state index contributed by atoms with van der Waals surface area (Å²) >= 11 is 6.47. The molecule has 4 heteroatoms. The fourth-order valence-corrected chi connectivity index (χ4v) is 3.05. The first-order valence-corrected chi connectivity index (χ1v) is 7.79. The Hall–Kier alpha value is -0.770. The second-order valence-electron chi connectivity index (χ2n) is 6.14. The molecule has 1 aliphatic heterocycles. The summed E-state index contributed by atoms with van der Waals surface area (Å²) < 4.78 is 0. The summed E-state index contributed by atoms with van der Waals surface area (Å²) in [6.45, 7) is 7.35. The van der Waals surface area contributed by atoms with Gasteiger partial charge in [0, 0.05) is 31.7 Å². The molecule has 2 rings (SSSR count). The number of halogens is 1. The Labute approximate surface area is 127 Å². The molecule has 0 spiro atoms. The van der Waals surface area contributed by atoms with Gasteiger partial charge in [-0.2, -0.15) is 0 Å². The van der Waals surface area contributed by atoms with Crippen LogP contribution in [0.25, 0.3) is 0 Å². The summed E-state index contributed by atoms with van der Waals surface area (Å²) in [5.74, 6) is 0. The van der Waals surface area contributed by atoms with Crippen molar-refractivity contribution in [2.75, 3.05) is 32.1 Å². The summed E-state index contributed by atoms with van der Waals surface area (Å²) in [5.41, 5.74) is 2.51. The van der Waals surface area contributed by atoms with Crippen LogP contribution < -0.4 is 10.2 Å². The summed E-state index contributed by atoms with van der Waals surface area (Å²) in [7, 11) is 4.31. The Morgan fingerprint density at radius 2 is 2.15 bits per heavy atom. The van der Waals surface area contributed by atoms with Gasteiger partial charge in [-0.05, 0) is 32.1 Å². The monoisotopic (exact) mass is 295 g/mol. The maximum Gasteiger partial charge on any atom is 0.0642 e. The second kappa shape index (κ2) is 6.79. The minimum atomic E-state index is 0.481. The molecule has 1 aromatic carbocycles. The number of nitrogens with one attached hydrogen (secondary N) is 1. The van der Waals surface area contributed by atoms with Gasteiger partial charge in [-0.3, -0.25) is 0 Å². The molecule has 1 aliphatic rings.